The maximum Gasteiger partial charge on any atom is 0.273 e. The van der Waals surface area contributed by atoms with Gasteiger partial charge in [0.25, 0.3) is 5.91 Å². The normalized spacial score (nSPS) is 23.6. The number of imidazole rings is 1. The summed E-state index contributed by atoms with van der Waals surface area (Å²) in [6.07, 6.45) is 3.81. The lowest BCUT2D eigenvalue weighted by molar-refractivity contribution is 0.0914. The van der Waals surface area contributed by atoms with Gasteiger partial charge in [0.1, 0.15) is 11.6 Å². The van der Waals surface area contributed by atoms with Gasteiger partial charge in [-0.15, -0.1) is 0 Å². The van der Waals surface area contributed by atoms with Crippen LogP contribution in [0.2, 0.25) is 0 Å². The third-order valence-electron chi connectivity index (χ3n) is 6.03. The van der Waals surface area contributed by atoms with Gasteiger partial charge in [-0.3, -0.25) is 9.69 Å². The minimum atomic E-state index is -0.181. The number of rotatable bonds is 4. The van der Waals surface area contributed by atoms with Gasteiger partial charge in [-0.1, -0.05) is 29.4 Å². The average molecular weight is 377 g/mol. The molecule has 3 aromatic rings. The molecule has 1 aliphatic heterocycles. The van der Waals surface area contributed by atoms with Gasteiger partial charge in [0, 0.05) is 50.4 Å². The molecule has 144 valence electrons. The van der Waals surface area contributed by atoms with Crippen molar-refractivity contribution in [3.63, 3.8) is 0 Å². The van der Waals surface area contributed by atoms with E-state index in [1.807, 2.05) is 25.5 Å². The highest BCUT2D eigenvalue weighted by atomic mass is 16.5. The van der Waals surface area contributed by atoms with Gasteiger partial charge < -0.3 is 14.4 Å². The molecule has 3 heterocycles. The summed E-state index contributed by atoms with van der Waals surface area (Å²) in [4.78, 5) is 19.6. The van der Waals surface area contributed by atoms with E-state index in [0.717, 1.165) is 25.5 Å². The summed E-state index contributed by atoms with van der Waals surface area (Å²) >= 11 is 0. The predicted molar refractivity (Wildman–Crippen MR) is 103 cm³/mol. The van der Waals surface area contributed by atoms with Crippen molar-refractivity contribution in [2.75, 3.05) is 13.1 Å². The molecule has 2 aliphatic rings. The SMILES string of the molecule is Cc1cc(C(=O)N[C@@H]2c3ccccc3[C@@H]3CN(Cc4nccn4C)C[C@H]23)no1. The monoisotopic (exact) mass is 377 g/mol. The molecular weight excluding hydrogens is 354 g/mol. The largest absolute Gasteiger partial charge is 0.361 e. The lowest BCUT2D eigenvalue weighted by Gasteiger charge is -2.22. The van der Waals surface area contributed by atoms with Gasteiger partial charge >= 0.3 is 0 Å². The van der Waals surface area contributed by atoms with Gasteiger partial charge in [-0.2, -0.15) is 0 Å². The van der Waals surface area contributed by atoms with Crippen molar-refractivity contribution in [2.45, 2.75) is 25.4 Å². The fourth-order valence-electron chi connectivity index (χ4n) is 4.69. The fraction of sp³-hybridized carbons (Fsp3) is 0.381. The summed E-state index contributed by atoms with van der Waals surface area (Å²) < 4.78 is 7.13. The van der Waals surface area contributed by atoms with Gasteiger partial charge in [0.15, 0.2) is 5.69 Å². The van der Waals surface area contributed by atoms with Crippen molar-refractivity contribution in [2.24, 2.45) is 13.0 Å². The zero-order valence-electron chi connectivity index (χ0n) is 16.0. The smallest absolute Gasteiger partial charge is 0.273 e. The molecule has 5 rings (SSSR count). The number of nitrogens with one attached hydrogen (secondary N) is 1. The number of nitrogens with zero attached hydrogens (tertiary/aromatic N) is 4. The first-order valence-electron chi connectivity index (χ1n) is 9.61. The van der Waals surface area contributed by atoms with E-state index in [0.29, 0.717) is 23.3 Å². The van der Waals surface area contributed by atoms with Crippen molar-refractivity contribution in [3.8, 4) is 0 Å². The Balaban J connectivity index is 1.39. The Morgan fingerprint density at radius 2 is 2.11 bits per heavy atom. The molecule has 0 unspecified atom stereocenters. The average Bonchev–Trinajstić information content (AvgIpc) is 3.44. The number of carbonyl (C=O) groups excluding carboxylic acids is 1. The summed E-state index contributed by atoms with van der Waals surface area (Å²) in [5.41, 5.74) is 2.90. The van der Waals surface area contributed by atoms with Gasteiger partial charge in [0.2, 0.25) is 0 Å². The van der Waals surface area contributed by atoms with Crippen LogP contribution in [-0.4, -0.2) is 38.6 Å². The van der Waals surface area contributed by atoms with Crippen molar-refractivity contribution in [1.82, 2.24) is 24.9 Å². The van der Waals surface area contributed by atoms with E-state index < -0.39 is 0 Å². The Morgan fingerprint density at radius 1 is 1.29 bits per heavy atom. The number of carbonyl (C=O) groups is 1. The molecule has 1 aliphatic carbocycles. The number of fused-ring (bicyclic) bond motifs is 3. The van der Waals surface area contributed by atoms with Crippen LogP contribution in [0.4, 0.5) is 0 Å². The maximum atomic E-state index is 12.7. The van der Waals surface area contributed by atoms with Crippen molar-refractivity contribution >= 4 is 5.91 Å². The lowest BCUT2D eigenvalue weighted by Crippen LogP contribution is -2.34. The number of hydrogen-bond donors (Lipinski definition) is 1. The number of benzene rings is 1. The molecule has 0 saturated carbocycles. The molecule has 7 nitrogen and oxygen atoms in total. The first-order valence-corrected chi connectivity index (χ1v) is 9.61. The van der Waals surface area contributed by atoms with E-state index in [4.69, 9.17) is 4.52 Å². The first-order chi connectivity index (χ1) is 13.6. The fourth-order valence-corrected chi connectivity index (χ4v) is 4.69. The zero-order chi connectivity index (χ0) is 19.3. The summed E-state index contributed by atoms with van der Waals surface area (Å²) in [6, 6.07) is 10.1. The molecule has 1 N–H and O–H groups in total. The minimum Gasteiger partial charge on any atom is -0.361 e. The quantitative estimate of drug-likeness (QED) is 0.756. The van der Waals surface area contributed by atoms with Crippen LogP contribution in [-0.2, 0) is 13.6 Å². The molecule has 7 heteroatoms. The van der Waals surface area contributed by atoms with Gasteiger partial charge in [-0.05, 0) is 18.1 Å². The minimum absolute atomic E-state index is 0.0166. The molecule has 28 heavy (non-hydrogen) atoms. The van der Waals surface area contributed by atoms with Crippen LogP contribution < -0.4 is 5.32 Å². The van der Waals surface area contributed by atoms with Crippen LogP contribution in [0, 0.1) is 12.8 Å². The number of hydrogen-bond acceptors (Lipinski definition) is 5. The van der Waals surface area contributed by atoms with E-state index in [1.165, 1.54) is 11.1 Å². The second-order valence-corrected chi connectivity index (χ2v) is 7.82. The predicted octanol–water partition coefficient (Wildman–Crippen LogP) is 2.42. The standard InChI is InChI=1S/C21H23N5O2/c1-13-9-18(24-28-13)21(27)23-20-15-6-4-3-5-14(15)16-10-26(11-17(16)20)12-19-22-7-8-25(19)2/h3-9,16-17,20H,10-12H2,1-2H3,(H,23,27)/t16-,17-,20+/m0/s1. The second kappa shape index (κ2) is 6.60. The summed E-state index contributed by atoms with van der Waals surface area (Å²) in [5, 5.41) is 7.08. The van der Waals surface area contributed by atoms with Crippen LogP contribution in [0.15, 0.2) is 47.2 Å². The Kier molecular flexibility index (Phi) is 4.05. The van der Waals surface area contributed by atoms with Crippen LogP contribution in [0.25, 0.3) is 0 Å². The highest BCUT2D eigenvalue weighted by molar-refractivity contribution is 5.92. The third kappa shape index (κ3) is 2.82. The summed E-state index contributed by atoms with van der Waals surface area (Å²) in [6.45, 7) is 4.51. The third-order valence-corrected chi connectivity index (χ3v) is 6.03. The molecule has 1 saturated heterocycles. The topological polar surface area (TPSA) is 76.2 Å². The van der Waals surface area contributed by atoms with E-state index in [2.05, 4.69) is 43.1 Å². The number of aromatic nitrogens is 3. The molecule has 2 aromatic heterocycles. The number of likely N-dealkylation sites (tertiary alicyclic amines) is 1. The molecule has 0 radical (unpaired) electrons. The Labute approximate surface area is 163 Å². The number of amides is 1. The van der Waals surface area contributed by atoms with E-state index in [-0.39, 0.29) is 11.9 Å². The number of aryl methyl sites for hydroxylation is 2. The molecule has 0 bridgehead atoms. The lowest BCUT2D eigenvalue weighted by atomic mass is 9.94. The second-order valence-electron chi connectivity index (χ2n) is 7.82. The van der Waals surface area contributed by atoms with Crippen molar-refractivity contribution in [3.05, 3.63) is 71.1 Å². The van der Waals surface area contributed by atoms with Gasteiger partial charge in [-0.25, -0.2) is 4.98 Å². The molecular formula is C21H23N5O2. The van der Waals surface area contributed by atoms with E-state index >= 15 is 0 Å². The van der Waals surface area contributed by atoms with Crippen molar-refractivity contribution in [1.29, 1.82) is 0 Å². The van der Waals surface area contributed by atoms with Gasteiger partial charge in [0.05, 0.1) is 12.6 Å². The summed E-state index contributed by atoms with van der Waals surface area (Å²) in [5.74, 6) is 2.28. The van der Waals surface area contributed by atoms with Crippen LogP contribution in [0.5, 0.6) is 0 Å². The van der Waals surface area contributed by atoms with Crippen LogP contribution >= 0.6 is 0 Å². The first kappa shape index (κ1) is 17.2. The van der Waals surface area contributed by atoms with Crippen molar-refractivity contribution < 1.29 is 9.32 Å². The highest BCUT2D eigenvalue weighted by Gasteiger charge is 2.46. The Bertz CT molecular complexity index is 1020. The maximum absolute atomic E-state index is 12.7. The molecule has 1 fully saturated rings. The van der Waals surface area contributed by atoms with Crippen LogP contribution in [0.3, 0.4) is 0 Å². The molecule has 3 atom stereocenters. The van der Waals surface area contributed by atoms with Crippen LogP contribution in [0.1, 0.15) is 45.2 Å². The zero-order valence-corrected chi connectivity index (χ0v) is 16.0. The summed E-state index contributed by atoms with van der Waals surface area (Å²) in [7, 11) is 2.03. The molecule has 1 aromatic carbocycles. The van der Waals surface area contributed by atoms with E-state index in [1.54, 1.807) is 13.0 Å². The molecule has 1 amide bonds. The van der Waals surface area contributed by atoms with E-state index in [9.17, 15) is 4.79 Å². The highest BCUT2D eigenvalue weighted by Crippen LogP contribution is 2.49. The Hall–Kier alpha value is -2.93. The Morgan fingerprint density at radius 3 is 2.82 bits per heavy atom. The molecule has 0 spiro atoms.